The largest absolute Gasteiger partial charge is 0.376 e. The molecular weight excluding hydrogens is 329 g/mol. The summed E-state index contributed by atoms with van der Waals surface area (Å²) in [6, 6.07) is 5.02. The third kappa shape index (κ3) is 4.69. The van der Waals surface area contributed by atoms with Gasteiger partial charge in [0.15, 0.2) is 0 Å². The maximum Gasteiger partial charge on any atom is 0.329 e. The molecule has 1 saturated heterocycles. The van der Waals surface area contributed by atoms with Gasteiger partial charge in [0.05, 0.1) is 22.4 Å². The summed E-state index contributed by atoms with van der Waals surface area (Å²) in [6.45, 7) is 1.01. The van der Waals surface area contributed by atoms with Crippen LogP contribution in [-0.4, -0.2) is 37.3 Å². The maximum atomic E-state index is 11.6. The van der Waals surface area contributed by atoms with E-state index in [-0.39, 0.29) is 6.10 Å². The van der Waals surface area contributed by atoms with Crippen molar-refractivity contribution in [2.75, 3.05) is 13.2 Å². The zero-order valence-corrected chi connectivity index (χ0v) is 13.2. The molecule has 0 aliphatic carbocycles. The van der Waals surface area contributed by atoms with Crippen LogP contribution >= 0.6 is 23.2 Å². The van der Waals surface area contributed by atoms with Crippen LogP contribution in [-0.2, 0) is 14.3 Å². The number of hydrogen-bond acceptors (Lipinski definition) is 4. The van der Waals surface area contributed by atoms with Crippen LogP contribution in [0.25, 0.3) is 0 Å². The Morgan fingerprint density at radius 2 is 2.18 bits per heavy atom. The summed E-state index contributed by atoms with van der Waals surface area (Å²) >= 11 is 11.8. The molecule has 1 heterocycles. The Morgan fingerprint density at radius 3 is 2.91 bits per heavy atom. The van der Waals surface area contributed by atoms with E-state index >= 15 is 0 Å². The van der Waals surface area contributed by atoms with Gasteiger partial charge in [0.2, 0.25) is 0 Å². The van der Waals surface area contributed by atoms with Crippen molar-refractivity contribution in [3.63, 3.8) is 0 Å². The summed E-state index contributed by atoms with van der Waals surface area (Å²) < 4.78 is 5.34. The van der Waals surface area contributed by atoms with Gasteiger partial charge in [-0.1, -0.05) is 35.3 Å². The lowest BCUT2D eigenvalue weighted by Gasteiger charge is -2.09. The third-order valence-electron chi connectivity index (χ3n) is 3.07. The Morgan fingerprint density at radius 1 is 1.36 bits per heavy atom. The van der Waals surface area contributed by atoms with Crippen LogP contribution in [0.15, 0.2) is 23.3 Å². The number of carbonyl (C=O) groups is 2. The van der Waals surface area contributed by atoms with Crippen LogP contribution in [0.2, 0.25) is 10.0 Å². The average Bonchev–Trinajstić information content (AvgIpc) is 3.02. The van der Waals surface area contributed by atoms with Gasteiger partial charge in [-0.05, 0) is 18.9 Å². The topological polar surface area (TPSA) is 79.8 Å². The van der Waals surface area contributed by atoms with Crippen LogP contribution in [0.5, 0.6) is 0 Å². The number of hydrazone groups is 1. The molecule has 1 fully saturated rings. The fraction of sp³-hybridized carbons (Fsp3) is 0.357. The molecule has 1 atom stereocenters. The van der Waals surface area contributed by atoms with E-state index < -0.39 is 11.8 Å². The van der Waals surface area contributed by atoms with Crippen molar-refractivity contribution >= 4 is 41.2 Å². The zero-order chi connectivity index (χ0) is 15.9. The van der Waals surface area contributed by atoms with Gasteiger partial charge < -0.3 is 10.1 Å². The fourth-order valence-corrected chi connectivity index (χ4v) is 2.28. The number of nitrogens with one attached hydrogen (secondary N) is 2. The molecule has 0 radical (unpaired) electrons. The minimum atomic E-state index is -0.854. The second-order valence-corrected chi connectivity index (χ2v) is 5.47. The monoisotopic (exact) mass is 343 g/mol. The third-order valence-corrected chi connectivity index (χ3v) is 3.91. The van der Waals surface area contributed by atoms with E-state index in [4.69, 9.17) is 27.9 Å². The lowest BCUT2D eigenvalue weighted by Crippen LogP contribution is -2.41. The summed E-state index contributed by atoms with van der Waals surface area (Å²) in [6.07, 6.45) is 3.15. The molecule has 1 aliphatic rings. The highest BCUT2D eigenvalue weighted by Crippen LogP contribution is 2.24. The van der Waals surface area contributed by atoms with E-state index in [0.29, 0.717) is 28.8 Å². The summed E-state index contributed by atoms with van der Waals surface area (Å²) in [5.74, 6) is -1.61. The van der Waals surface area contributed by atoms with Crippen LogP contribution in [0.3, 0.4) is 0 Å². The van der Waals surface area contributed by atoms with E-state index in [2.05, 4.69) is 15.8 Å². The molecule has 0 aromatic heterocycles. The molecule has 8 heteroatoms. The second kappa shape index (κ2) is 8.12. The van der Waals surface area contributed by atoms with Crippen molar-refractivity contribution < 1.29 is 14.3 Å². The lowest BCUT2D eigenvalue weighted by atomic mass is 10.2. The van der Waals surface area contributed by atoms with E-state index in [1.807, 2.05) is 0 Å². The molecule has 0 unspecified atom stereocenters. The van der Waals surface area contributed by atoms with Crippen molar-refractivity contribution in [3.8, 4) is 0 Å². The number of halogens is 2. The van der Waals surface area contributed by atoms with Gasteiger partial charge in [-0.2, -0.15) is 5.10 Å². The minimum absolute atomic E-state index is 0.0227. The first-order valence-corrected chi connectivity index (χ1v) is 7.50. The van der Waals surface area contributed by atoms with Crippen molar-refractivity contribution in [2.45, 2.75) is 18.9 Å². The molecule has 6 nitrogen and oxygen atoms in total. The van der Waals surface area contributed by atoms with Crippen LogP contribution < -0.4 is 10.7 Å². The van der Waals surface area contributed by atoms with Gasteiger partial charge in [0.25, 0.3) is 0 Å². The Balaban J connectivity index is 1.79. The van der Waals surface area contributed by atoms with Gasteiger partial charge in [-0.3, -0.25) is 9.59 Å². The first-order chi connectivity index (χ1) is 10.6. The Hall–Kier alpha value is -1.63. The van der Waals surface area contributed by atoms with Crippen LogP contribution in [0, 0.1) is 0 Å². The molecule has 0 bridgehead atoms. The highest BCUT2D eigenvalue weighted by molar-refractivity contribution is 6.43. The van der Waals surface area contributed by atoms with Crippen LogP contribution in [0.4, 0.5) is 0 Å². The predicted octanol–water partition coefficient (Wildman–Crippen LogP) is 1.74. The van der Waals surface area contributed by atoms with Crippen molar-refractivity contribution in [1.29, 1.82) is 0 Å². The number of hydrogen-bond donors (Lipinski definition) is 2. The van der Waals surface area contributed by atoms with Crippen molar-refractivity contribution in [2.24, 2.45) is 5.10 Å². The van der Waals surface area contributed by atoms with E-state index in [1.54, 1.807) is 18.2 Å². The quantitative estimate of drug-likeness (QED) is 0.496. The molecule has 0 spiro atoms. The first kappa shape index (κ1) is 16.7. The number of ether oxygens (including phenoxy) is 1. The molecule has 118 valence electrons. The summed E-state index contributed by atoms with van der Waals surface area (Å²) in [7, 11) is 0. The highest BCUT2D eigenvalue weighted by atomic mass is 35.5. The van der Waals surface area contributed by atoms with Gasteiger partial charge in [-0.25, -0.2) is 5.43 Å². The highest BCUT2D eigenvalue weighted by Gasteiger charge is 2.18. The SMILES string of the molecule is O=C(NC[C@@H]1CCCO1)C(=O)N/N=C\c1cccc(Cl)c1Cl. The summed E-state index contributed by atoms with van der Waals surface area (Å²) in [4.78, 5) is 23.1. The predicted molar refractivity (Wildman–Crippen MR) is 84.2 cm³/mol. The molecule has 1 aromatic carbocycles. The lowest BCUT2D eigenvalue weighted by molar-refractivity contribution is -0.139. The molecule has 2 N–H and O–H groups in total. The Labute approximate surface area is 137 Å². The fourth-order valence-electron chi connectivity index (χ4n) is 1.92. The average molecular weight is 344 g/mol. The van der Waals surface area contributed by atoms with Gasteiger partial charge >= 0.3 is 11.8 Å². The smallest absolute Gasteiger partial charge is 0.329 e. The van der Waals surface area contributed by atoms with Gasteiger partial charge in [0.1, 0.15) is 0 Å². The molecule has 1 aliphatic heterocycles. The van der Waals surface area contributed by atoms with Crippen molar-refractivity contribution in [1.82, 2.24) is 10.7 Å². The number of nitrogens with zero attached hydrogens (tertiary/aromatic N) is 1. The van der Waals surface area contributed by atoms with Crippen molar-refractivity contribution in [3.05, 3.63) is 33.8 Å². The number of benzene rings is 1. The molecule has 0 saturated carbocycles. The normalized spacial score (nSPS) is 17.6. The number of carbonyl (C=O) groups excluding carboxylic acids is 2. The summed E-state index contributed by atoms with van der Waals surface area (Å²) in [5, 5.41) is 6.89. The van der Waals surface area contributed by atoms with Crippen LogP contribution in [0.1, 0.15) is 18.4 Å². The summed E-state index contributed by atoms with van der Waals surface area (Å²) in [5.41, 5.74) is 2.67. The Kier molecular flexibility index (Phi) is 6.18. The molecule has 1 aromatic rings. The van der Waals surface area contributed by atoms with Gasteiger partial charge in [0, 0.05) is 18.7 Å². The van der Waals surface area contributed by atoms with E-state index in [0.717, 1.165) is 12.8 Å². The number of amides is 2. The van der Waals surface area contributed by atoms with Gasteiger partial charge in [-0.15, -0.1) is 0 Å². The molecule has 22 heavy (non-hydrogen) atoms. The molecule has 2 rings (SSSR count). The minimum Gasteiger partial charge on any atom is -0.376 e. The molecule has 2 amide bonds. The Bertz CT molecular complexity index is 587. The first-order valence-electron chi connectivity index (χ1n) is 6.75. The zero-order valence-electron chi connectivity index (χ0n) is 11.6. The second-order valence-electron chi connectivity index (χ2n) is 4.69. The molecular formula is C14H15Cl2N3O3. The van der Waals surface area contributed by atoms with E-state index in [1.165, 1.54) is 6.21 Å². The standard InChI is InChI=1S/C14H15Cl2N3O3/c15-11-5-1-3-9(12(11)16)7-18-19-14(21)13(20)17-8-10-4-2-6-22-10/h1,3,5,7,10H,2,4,6,8H2,(H,17,20)(H,19,21)/b18-7-/t10-/m0/s1. The maximum absolute atomic E-state index is 11.6. The van der Waals surface area contributed by atoms with E-state index in [9.17, 15) is 9.59 Å². The number of rotatable bonds is 4.